The molecule has 5 rings (SSSR count). The average molecular weight is 398 g/mol. The van der Waals surface area contributed by atoms with Crippen molar-refractivity contribution < 1.29 is 9.90 Å². The van der Waals surface area contributed by atoms with Gasteiger partial charge in [-0.05, 0) is 42.2 Å². The van der Waals surface area contributed by atoms with Crippen molar-refractivity contribution in [2.24, 2.45) is 11.8 Å². The van der Waals surface area contributed by atoms with Crippen LogP contribution >= 0.6 is 11.3 Å². The van der Waals surface area contributed by atoms with E-state index in [1.165, 1.54) is 0 Å². The highest BCUT2D eigenvalue weighted by molar-refractivity contribution is 7.08. The van der Waals surface area contributed by atoms with E-state index in [4.69, 9.17) is 0 Å². The maximum Gasteiger partial charge on any atom is 0.244 e. The molecule has 0 aromatic carbocycles. The molecule has 0 bridgehead atoms. The van der Waals surface area contributed by atoms with Gasteiger partial charge in [-0.25, -0.2) is 4.68 Å². The van der Waals surface area contributed by atoms with Crippen LogP contribution in [-0.4, -0.2) is 59.9 Å². The summed E-state index contributed by atoms with van der Waals surface area (Å²) in [6.45, 7) is 1.72. The molecule has 9 heteroatoms. The zero-order valence-electron chi connectivity index (χ0n) is 15.3. The lowest BCUT2D eigenvalue weighted by Gasteiger charge is -2.34. The van der Waals surface area contributed by atoms with E-state index in [-0.39, 0.29) is 18.5 Å². The molecule has 0 spiro atoms. The van der Waals surface area contributed by atoms with Crippen molar-refractivity contribution in [1.29, 1.82) is 0 Å². The van der Waals surface area contributed by atoms with Crippen LogP contribution in [0, 0.1) is 11.8 Å². The molecule has 0 unspecified atom stereocenters. The summed E-state index contributed by atoms with van der Waals surface area (Å²) in [6, 6.07) is 3.75. The Kier molecular flexibility index (Phi) is 4.48. The SMILES string of the molecule is O=C(Cn1cccn1)N1C[C@H]2C[C@@H](n3cc(-c4ccsc4)nn3)[C@H](O)C[C@H]2C1. The molecule has 28 heavy (non-hydrogen) atoms. The summed E-state index contributed by atoms with van der Waals surface area (Å²) in [5.41, 5.74) is 1.88. The minimum absolute atomic E-state index is 0.0876. The van der Waals surface area contributed by atoms with Crippen molar-refractivity contribution in [3.05, 3.63) is 41.5 Å². The van der Waals surface area contributed by atoms with E-state index in [2.05, 4.69) is 15.4 Å². The Labute approximate surface area is 166 Å². The van der Waals surface area contributed by atoms with Gasteiger partial charge in [0, 0.05) is 36.4 Å². The zero-order valence-corrected chi connectivity index (χ0v) is 16.1. The highest BCUT2D eigenvalue weighted by atomic mass is 32.1. The van der Waals surface area contributed by atoms with Gasteiger partial charge in [-0.1, -0.05) is 5.21 Å². The third-order valence-electron chi connectivity index (χ3n) is 5.99. The Morgan fingerprint density at radius 3 is 2.89 bits per heavy atom. The van der Waals surface area contributed by atoms with Crippen LogP contribution in [0.3, 0.4) is 0 Å². The number of likely N-dealkylation sites (tertiary alicyclic amines) is 1. The molecule has 3 aromatic heterocycles. The van der Waals surface area contributed by atoms with Crippen LogP contribution in [0.5, 0.6) is 0 Å². The van der Waals surface area contributed by atoms with Gasteiger partial charge in [0.2, 0.25) is 5.91 Å². The molecule has 1 saturated carbocycles. The lowest BCUT2D eigenvalue weighted by Crippen LogP contribution is -2.36. The highest BCUT2D eigenvalue weighted by Crippen LogP contribution is 2.41. The van der Waals surface area contributed by atoms with Crippen LogP contribution in [0.1, 0.15) is 18.9 Å². The fourth-order valence-corrected chi connectivity index (χ4v) is 5.16. The van der Waals surface area contributed by atoms with Crippen LogP contribution in [0.2, 0.25) is 0 Å². The van der Waals surface area contributed by atoms with Crippen molar-refractivity contribution in [3.8, 4) is 11.3 Å². The van der Waals surface area contributed by atoms with Gasteiger partial charge in [-0.2, -0.15) is 16.4 Å². The summed E-state index contributed by atoms with van der Waals surface area (Å²) in [5, 5.41) is 27.5. The number of carbonyl (C=O) groups is 1. The van der Waals surface area contributed by atoms with Crippen LogP contribution in [0.4, 0.5) is 0 Å². The summed E-state index contributed by atoms with van der Waals surface area (Å²) in [4.78, 5) is 14.5. The van der Waals surface area contributed by atoms with Crippen LogP contribution in [0.15, 0.2) is 41.5 Å². The Morgan fingerprint density at radius 2 is 2.14 bits per heavy atom. The number of thiophene rings is 1. The molecule has 1 aliphatic heterocycles. The number of carbonyl (C=O) groups excluding carboxylic acids is 1. The van der Waals surface area contributed by atoms with Gasteiger partial charge in [-0.15, -0.1) is 5.10 Å². The lowest BCUT2D eigenvalue weighted by atomic mass is 9.77. The number of nitrogens with zero attached hydrogens (tertiary/aromatic N) is 6. The molecular formula is C19H22N6O2S. The standard InChI is InChI=1S/C19H22N6O2S/c26-18-7-15-9-23(19(27)11-24-4-1-3-20-24)8-14(15)6-17(18)25-10-16(21-22-25)13-2-5-28-12-13/h1-5,10,12,14-15,17-18,26H,6-9,11H2/t14-,15+,17-,18-/m1/s1. The molecule has 1 aliphatic carbocycles. The molecule has 4 atom stereocenters. The number of amides is 1. The number of aliphatic hydroxyl groups excluding tert-OH is 1. The smallest absolute Gasteiger partial charge is 0.244 e. The lowest BCUT2D eigenvalue weighted by molar-refractivity contribution is -0.131. The molecule has 8 nitrogen and oxygen atoms in total. The van der Waals surface area contributed by atoms with E-state index < -0.39 is 6.10 Å². The molecule has 2 aliphatic rings. The maximum atomic E-state index is 12.6. The van der Waals surface area contributed by atoms with Crippen molar-refractivity contribution in [1.82, 2.24) is 29.7 Å². The largest absolute Gasteiger partial charge is 0.391 e. The Hall–Kier alpha value is -2.52. The predicted octanol–water partition coefficient (Wildman–Crippen LogP) is 1.67. The first-order chi connectivity index (χ1) is 13.7. The molecule has 1 amide bonds. The first-order valence-electron chi connectivity index (χ1n) is 9.55. The molecule has 0 radical (unpaired) electrons. The minimum Gasteiger partial charge on any atom is -0.391 e. The van der Waals surface area contributed by atoms with Crippen LogP contribution < -0.4 is 0 Å². The van der Waals surface area contributed by atoms with Crippen LogP contribution in [-0.2, 0) is 11.3 Å². The first-order valence-corrected chi connectivity index (χ1v) is 10.5. The average Bonchev–Trinajstić information content (AvgIpc) is 3.45. The first kappa shape index (κ1) is 17.6. The van der Waals surface area contributed by atoms with Crippen molar-refractivity contribution in [3.63, 3.8) is 0 Å². The Morgan fingerprint density at radius 1 is 1.29 bits per heavy atom. The van der Waals surface area contributed by atoms with Gasteiger partial charge >= 0.3 is 0 Å². The number of hydrogen-bond donors (Lipinski definition) is 1. The Bertz CT molecular complexity index is 938. The van der Waals surface area contributed by atoms with Gasteiger partial charge in [0.1, 0.15) is 12.2 Å². The van der Waals surface area contributed by atoms with E-state index in [1.54, 1.807) is 28.4 Å². The topological polar surface area (TPSA) is 89.1 Å². The van der Waals surface area contributed by atoms with E-state index >= 15 is 0 Å². The van der Waals surface area contributed by atoms with Gasteiger partial charge in [0.05, 0.1) is 18.3 Å². The van der Waals surface area contributed by atoms with Crippen LogP contribution in [0.25, 0.3) is 11.3 Å². The molecule has 146 valence electrons. The fourth-order valence-electron chi connectivity index (χ4n) is 4.51. The van der Waals surface area contributed by atoms with Gasteiger partial charge in [0.15, 0.2) is 0 Å². The fraction of sp³-hybridized carbons (Fsp3) is 0.474. The van der Waals surface area contributed by atoms with Gasteiger partial charge < -0.3 is 10.0 Å². The molecule has 2 fully saturated rings. The van der Waals surface area contributed by atoms with Gasteiger partial charge in [0.25, 0.3) is 0 Å². The number of aromatic nitrogens is 5. The maximum absolute atomic E-state index is 12.6. The Balaban J connectivity index is 1.27. The molecule has 1 saturated heterocycles. The van der Waals surface area contributed by atoms with E-state index in [0.29, 0.717) is 24.8 Å². The number of fused-ring (bicyclic) bond motifs is 1. The third kappa shape index (κ3) is 3.24. The van der Waals surface area contributed by atoms with Gasteiger partial charge in [-0.3, -0.25) is 9.48 Å². The molecule has 1 N–H and O–H groups in total. The second-order valence-electron chi connectivity index (χ2n) is 7.72. The summed E-state index contributed by atoms with van der Waals surface area (Å²) < 4.78 is 3.46. The molecule has 3 aromatic rings. The normalized spacial score (nSPS) is 27.1. The minimum atomic E-state index is -0.473. The summed E-state index contributed by atoms with van der Waals surface area (Å²) >= 11 is 1.63. The predicted molar refractivity (Wildman–Crippen MR) is 103 cm³/mol. The number of rotatable bonds is 4. The zero-order chi connectivity index (χ0) is 19.1. The second-order valence-corrected chi connectivity index (χ2v) is 8.50. The molecule has 4 heterocycles. The highest BCUT2D eigenvalue weighted by Gasteiger charge is 2.43. The second kappa shape index (κ2) is 7.14. The molecular weight excluding hydrogens is 376 g/mol. The monoisotopic (exact) mass is 398 g/mol. The van der Waals surface area contributed by atoms with Crippen molar-refractivity contribution >= 4 is 17.2 Å². The number of aliphatic hydroxyl groups is 1. The third-order valence-corrected chi connectivity index (χ3v) is 6.67. The summed E-state index contributed by atoms with van der Waals surface area (Å²) in [7, 11) is 0. The van der Waals surface area contributed by atoms with Crippen molar-refractivity contribution in [2.75, 3.05) is 13.1 Å². The van der Waals surface area contributed by atoms with E-state index in [9.17, 15) is 9.90 Å². The van der Waals surface area contributed by atoms with Crippen molar-refractivity contribution in [2.45, 2.75) is 31.5 Å². The van der Waals surface area contributed by atoms with E-state index in [1.807, 2.05) is 38.7 Å². The summed E-state index contributed by atoms with van der Waals surface area (Å²) in [5.74, 6) is 0.807. The number of hydrogen-bond acceptors (Lipinski definition) is 6. The van der Waals surface area contributed by atoms with E-state index in [0.717, 1.165) is 24.2 Å². The quantitative estimate of drug-likeness (QED) is 0.722. The summed E-state index contributed by atoms with van der Waals surface area (Å²) in [6.07, 6.45) is 6.43.